The van der Waals surface area contributed by atoms with Crippen molar-refractivity contribution in [2.24, 2.45) is 0 Å². The van der Waals surface area contributed by atoms with Crippen molar-refractivity contribution in [3.05, 3.63) is 71.8 Å². The molecule has 0 aliphatic carbocycles. The predicted molar refractivity (Wildman–Crippen MR) is 120 cm³/mol. The van der Waals surface area contributed by atoms with Gasteiger partial charge in [0.15, 0.2) is 0 Å². The SMILES string of the molecule is CCC(=O)N(CCCN1C(=O)c2cccc3cccc(c23)C1=O)c1ccc(OC)cc1. The topological polar surface area (TPSA) is 66.9 Å². The normalized spacial score (nSPS) is 12.9. The summed E-state index contributed by atoms with van der Waals surface area (Å²) < 4.78 is 5.19. The minimum atomic E-state index is -0.285. The number of ether oxygens (including phenoxy) is 1. The zero-order valence-electron chi connectivity index (χ0n) is 17.6. The quantitative estimate of drug-likeness (QED) is 0.539. The van der Waals surface area contributed by atoms with E-state index in [1.807, 2.05) is 43.3 Å². The van der Waals surface area contributed by atoms with Crippen LogP contribution in [0.2, 0.25) is 0 Å². The lowest BCUT2D eigenvalue weighted by Gasteiger charge is -2.28. The molecule has 158 valence electrons. The van der Waals surface area contributed by atoms with Gasteiger partial charge in [-0.1, -0.05) is 31.2 Å². The maximum Gasteiger partial charge on any atom is 0.261 e. The second-order valence-corrected chi connectivity index (χ2v) is 7.42. The standard InChI is InChI=1S/C25H24N2O4/c1-3-22(28)26(18-11-13-19(31-2)14-12-18)15-6-16-27-24(29)20-9-4-7-17-8-5-10-21(23(17)20)25(27)30/h4-5,7-14H,3,6,15-16H2,1-2H3. The first-order chi connectivity index (χ1) is 15.0. The first kappa shape index (κ1) is 20.6. The summed E-state index contributed by atoms with van der Waals surface area (Å²) in [4.78, 5) is 41.6. The number of hydrogen-bond donors (Lipinski definition) is 0. The monoisotopic (exact) mass is 416 g/mol. The van der Waals surface area contributed by atoms with Crippen molar-refractivity contribution in [3.8, 4) is 5.75 Å². The molecule has 1 aliphatic heterocycles. The number of hydrogen-bond acceptors (Lipinski definition) is 4. The second-order valence-electron chi connectivity index (χ2n) is 7.42. The Kier molecular flexibility index (Phi) is 5.71. The van der Waals surface area contributed by atoms with Gasteiger partial charge in [0.05, 0.1) is 7.11 Å². The van der Waals surface area contributed by atoms with E-state index in [0.29, 0.717) is 36.3 Å². The summed E-state index contributed by atoms with van der Waals surface area (Å²) in [5.41, 5.74) is 1.85. The molecule has 0 aromatic heterocycles. The molecule has 0 radical (unpaired) electrons. The Hall–Kier alpha value is -3.67. The highest BCUT2D eigenvalue weighted by atomic mass is 16.5. The van der Waals surface area contributed by atoms with Crippen molar-refractivity contribution in [1.29, 1.82) is 0 Å². The fourth-order valence-corrected chi connectivity index (χ4v) is 4.02. The van der Waals surface area contributed by atoms with Gasteiger partial charge in [-0.05, 0) is 48.2 Å². The Balaban J connectivity index is 1.52. The van der Waals surface area contributed by atoms with E-state index >= 15 is 0 Å². The second kappa shape index (κ2) is 8.60. The Morgan fingerprint density at radius 2 is 1.55 bits per heavy atom. The molecule has 0 unspecified atom stereocenters. The maximum absolute atomic E-state index is 13.0. The molecule has 4 rings (SSSR count). The number of rotatable bonds is 7. The van der Waals surface area contributed by atoms with Gasteiger partial charge >= 0.3 is 0 Å². The summed E-state index contributed by atoms with van der Waals surface area (Å²) >= 11 is 0. The third-order valence-corrected chi connectivity index (χ3v) is 5.61. The number of carbonyl (C=O) groups is 3. The molecule has 6 nitrogen and oxygen atoms in total. The molecule has 6 heteroatoms. The summed E-state index contributed by atoms with van der Waals surface area (Å²) in [7, 11) is 1.59. The van der Waals surface area contributed by atoms with Crippen LogP contribution in [0.4, 0.5) is 5.69 Å². The summed E-state index contributed by atoms with van der Waals surface area (Å²) in [6, 6.07) is 18.3. The van der Waals surface area contributed by atoms with Crippen molar-refractivity contribution in [1.82, 2.24) is 4.90 Å². The lowest BCUT2D eigenvalue weighted by Crippen LogP contribution is -2.42. The lowest BCUT2D eigenvalue weighted by molar-refractivity contribution is -0.118. The van der Waals surface area contributed by atoms with Crippen LogP contribution in [-0.2, 0) is 4.79 Å². The van der Waals surface area contributed by atoms with Gasteiger partial charge in [-0.3, -0.25) is 19.3 Å². The predicted octanol–water partition coefficient (Wildman–Crippen LogP) is 4.28. The highest BCUT2D eigenvalue weighted by Gasteiger charge is 2.32. The molecule has 0 saturated carbocycles. The first-order valence-corrected chi connectivity index (χ1v) is 10.4. The number of nitrogens with zero attached hydrogens (tertiary/aromatic N) is 2. The van der Waals surface area contributed by atoms with Crippen LogP contribution in [0.15, 0.2) is 60.7 Å². The minimum Gasteiger partial charge on any atom is -0.497 e. The average molecular weight is 416 g/mol. The molecule has 0 saturated heterocycles. The maximum atomic E-state index is 13.0. The Labute approximate surface area is 181 Å². The van der Waals surface area contributed by atoms with Crippen LogP contribution in [0.25, 0.3) is 10.8 Å². The molecule has 3 amide bonds. The largest absolute Gasteiger partial charge is 0.497 e. The van der Waals surface area contributed by atoms with Crippen LogP contribution in [-0.4, -0.2) is 42.8 Å². The fourth-order valence-electron chi connectivity index (χ4n) is 4.02. The van der Waals surface area contributed by atoms with Crippen LogP contribution in [0.1, 0.15) is 40.5 Å². The number of imide groups is 1. The number of carbonyl (C=O) groups excluding carboxylic acids is 3. The van der Waals surface area contributed by atoms with Gasteiger partial charge in [0, 0.05) is 41.7 Å². The molecule has 1 heterocycles. The zero-order valence-corrected chi connectivity index (χ0v) is 17.6. The average Bonchev–Trinajstić information content (AvgIpc) is 2.81. The zero-order chi connectivity index (χ0) is 22.0. The van der Waals surface area contributed by atoms with Crippen molar-refractivity contribution in [2.45, 2.75) is 19.8 Å². The molecule has 0 fully saturated rings. The van der Waals surface area contributed by atoms with E-state index in [4.69, 9.17) is 4.74 Å². The molecule has 0 bridgehead atoms. The third-order valence-electron chi connectivity index (χ3n) is 5.61. The van der Waals surface area contributed by atoms with Crippen LogP contribution in [0.5, 0.6) is 5.75 Å². The Bertz CT molecular complexity index is 1100. The van der Waals surface area contributed by atoms with E-state index in [-0.39, 0.29) is 24.3 Å². The van der Waals surface area contributed by atoms with Gasteiger partial charge in [-0.15, -0.1) is 0 Å². The van der Waals surface area contributed by atoms with Gasteiger partial charge < -0.3 is 9.64 Å². The van der Waals surface area contributed by atoms with Gasteiger partial charge in [0.2, 0.25) is 5.91 Å². The van der Waals surface area contributed by atoms with Crippen LogP contribution < -0.4 is 9.64 Å². The Morgan fingerprint density at radius 1 is 0.935 bits per heavy atom. The van der Waals surface area contributed by atoms with Crippen molar-refractivity contribution >= 4 is 34.2 Å². The fraction of sp³-hybridized carbons (Fsp3) is 0.240. The van der Waals surface area contributed by atoms with E-state index in [2.05, 4.69) is 0 Å². The van der Waals surface area contributed by atoms with Gasteiger partial charge in [0.1, 0.15) is 5.75 Å². The number of amides is 3. The number of anilines is 1. The van der Waals surface area contributed by atoms with Gasteiger partial charge in [0.25, 0.3) is 11.8 Å². The smallest absolute Gasteiger partial charge is 0.261 e. The van der Waals surface area contributed by atoms with Crippen LogP contribution in [0.3, 0.4) is 0 Å². The summed E-state index contributed by atoms with van der Waals surface area (Å²) in [5.74, 6) is 0.126. The van der Waals surface area contributed by atoms with E-state index in [9.17, 15) is 14.4 Å². The summed E-state index contributed by atoms with van der Waals surface area (Å²) in [6.45, 7) is 2.46. The molecule has 31 heavy (non-hydrogen) atoms. The summed E-state index contributed by atoms with van der Waals surface area (Å²) in [5, 5.41) is 1.60. The molecule has 0 atom stereocenters. The first-order valence-electron chi connectivity index (χ1n) is 10.4. The molecular formula is C25H24N2O4. The minimum absolute atomic E-state index is 0.0171. The van der Waals surface area contributed by atoms with Gasteiger partial charge in [-0.2, -0.15) is 0 Å². The summed E-state index contributed by atoms with van der Waals surface area (Å²) in [6.07, 6.45) is 0.844. The van der Waals surface area contributed by atoms with Crippen LogP contribution in [0, 0.1) is 0 Å². The molecule has 1 aliphatic rings. The van der Waals surface area contributed by atoms with Gasteiger partial charge in [-0.25, -0.2) is 0 Å². The molecule has 0 spiro atoms. The molecule has 0 N–H and O–H groups in total. The molecule has 3 aromatic carbocycles. The van der Waals surface area contributed by atoms with E-state index in [1.165, 1.54) is 4.90 Å². The Morgan fingerprint density at radius 3 is 2.10 bits per heavy atom. The number of methoxy groups -OCH3 is 1. The van der Waals surface area contributed by atoms with Crippen LogP contribution >= 0.6 is 0 Å². The third kappa shape index (κ3) is 3.77. The van der Waals surface area contributed by atoms with E-state index < -0.39 is 0 Å². The molecule has 3 aromatic rings. The van der Waals surface area contributed by atoms with E-state index in [0.717, 1.165) is 16.5 Å². The highest BCUT2D eigenvalue weighted by molar-refractivity contribution is 6.25. The number of benzene rings is 3. The molecular weight excluding hydrogens is 392 g/mol. The van der Waals surface area contributed by atoms with Crippen molar-refractivity contribution < 1.29 is 19.1 Å². The van der Waals surface area contributed by atoms with E-state index in [1.54, 1.807) is 36.3 Å². The van der Waals surface area contributed by atoms with Crippen molar-refractivity contribution in [3.63, 3.8) is 0 Å². The lowest BCUT2D eigenvalue weighted by atomic mass is 9.94. The van der Waals surface area contributed by atoms with Crippen molar-refractivity contribution in [2.75, 3.05) is 25.1 Å². The highest BCUT2D eigenvalue weighted by Crippen LogP contribution is 2.30.